The van der Waals surface area contributed by atoms with Crippen LogP contribution in [-0.4, -0.2) is 89.8 Å². The third-order valence-corrected chi connectivity index (χ3v) is 8.81. The van der Waals surface area contributed by atoms with Crippen molar-refractivity contribution in [1.82, 2.24) is 9.80 Å². The van der Waals surface area contributed by atoms with Gasteiger partial charge in [-0.15, -0.1) is 0 Å². The lowest BCUT2D eigenvalue weighted by Gasteiger charge is -2.31. The van der Waals surface area contributed by atoms with Crippen LogP contribution in [0.3, 0.4) is 0 Å². The minimum atomic E-state index is -0.886. The molecule has 0 unspecified atom stereocenters. The molecule has 1 fully saturated rings. The van der Waals surface area contributed by atoms with E-state index in [1.54, 1.807) is 9.80 Å². The zero-order valence-electron chi connectivity index (χ0n) is 23.8. The van der Waals surface area contributed by atoms with Crippen LogP contribution in [0.15, 0.2) is 42.5 Å². The molecule has 2 amide bonds. The number of benzene rings is 2. The van der Waals surface area contributed by atoms with Gasteiger partial charge in [-0.3, -0.25) is 19.3 Å². The summed E-state index contributed by atoms with van der Waals surface area (Å²) in [6.07, 6.45) is 3.92. The molecule has 3 aliphatic heterocycles. The third-order valence-electron chi connectivity index (χ3n) is 8.81. The van der Waals surface area contributed by atoms with E-state index in [0.29, 0.717) is 52.0 Å². The second-order valence-electron chi connectivity index (χ2n) is 11.4. The Labute approximate surface area is 241 Å². The van der Waals surface area contributed by atoms with Crippen LogP contribution < -0.4 is 9.64 Å². The SMILES string of the molecule is CCCCN(CCCO)C(=O)CN1C[C@H](c2ccc3c(c2)CCO3)[C@@H](C(=O)O)[C@@H]1CCN1C(=O)Cc2ccccc21. The molecule has 0 radical (unpaired) electrons. The Bertz CT molecular complexity index is 1260. The molecule has 220 valence electrons. The summed E-state index contributed by atoms with van der Waals surface area (Å²) in [5.74, 6) is -1.08. The molecular weight excluding hydrogens is 522 g/mol. The van der Waals surface area contributed by atoms with Gasteiger partial charge in [-0.2, -0.15) is 0 Å². The van der Waals surface area contributed by atoms with Crippen LogP contribution in [0.1, 0.15) is 55.2 Å². The van der Waals surface area contributed by atoms with E-state index < -0.39 is 17.9 Å². The topological polar surface area (TPSA) is 111 Å². The molecule has 0 saturated carbocycles. The van der Waals surface area contributed by atoms with Crippen LogP contribution in [0.4, 0.5) is 5.69 Å². The molecule has 9 heteroatoms. The summed E-state index contributed by atoms with van der Waals surface area (Å²) in [4.78, 5) is 45.0. The minimum Gasteiger partial charge on any atom is -0.493 e. The Balaban J connectivity index is 1.41. The predicted molar refractivity (Wildman–Crippen MR) is 155 cm³/mol. The Kier molecular flexibility index (Phi) is 9.25. The fourth-order valence-electron chi connectivity index (χ4n) is 6.70. The van der Waals surface area contributed by atoms with Crippen molar-refractivity contribution in [3.8, 4) is 5.75 Å². The first-order chi connectivity index (χ1) is 19.9. The smallest absolute Gasteiger partial charge is 0.308 e. The maximum absolute atomic E-state index is 13.6. The number of amides is 2. The number of unbranched alkanes of at least 4 members (excludes halogenated alkanes) is 1. The Morgan fingerprint density at radius 1 is 1.10 bits per heavy atom. The van der Waals surface area contributed by atoms with E-state index in [4.69, 9.17) is 4.74 Å². The van der Waals surface area contributed by atoms with Crippen LogP contribution in [0.2, 0.25) is 0 Å². The van der Waals surface area contributed by atoms with Crippen molar-refractivity contribution in [1.29, 1.82) is 0 Å². The molecule has 2 aromatic rings. The average molecular weight is 564 g/mol. The molecule has 0 aromatic heterocycles. The first-order valence-corrected chi connectivity index (χ1v) is 14.9. The van der Waals surface area contributed by atoms with E-state index in [-0.39, 0.29) is 30.9 Å². The fourth-order valence-corrected chi connectivity index (χ4v) is 6.70. The number of aliphatic hydroxyl groups excluding tert-OH is 1. The van der Waals surface area contributed by atoms with Gasteiger partial charge < -0.3 is 24.7 Å². The lowest BCUT2D eigenvalue weighted by Crippen LogP contribution is -2.46. The van der Waals surface area contributed by atoms with Gasteiger partial charge in [0.2, 0.25) is 11.8 Å². The Morgan fingerprint density at radius 2 is 1.90 bits per heavy atom. The first-order valence-electron chi connectivity index (χ1n) is 14.9. The number of likely N-dealkylation sites (tertiary alicyclic amines) is 1. The summed E-state index contributed by atoms with van der Waals surface area (Å²) in [7, 11) is 0. The van der Waals surface area contributed by atoms with Crippen LogP contribution in [0.5, 0.6) is 5.75 Å². The fraction of sp³-hybridized carbons (Fsp3) is 0.531. The van der Waals surface area contributed by atoms with E-state index in [1.165, 1.54) is 0 Å². The van der Waals surface area contributed by atoms with Crippen molar-refractivity contribution in [3.05, 3.63) is 59.2 Å². The standard InChI is InChI=1S/C32H41N3O6/c1-2-3-13-33(14-6-16-36)30(38)21-34-20-25(22-9-10-28-24(18-22)12-17-41-28)31(32(39)40)27(34)11-15-35-26-8-5-4-7-23(26)19-29(35)37/h4-5,7-10,18,25,27,31,36H,2-3,6,11-17,19-21H2,1H3,(H,39,40)/t25-,27+,31-/m1/s1. The number of hydrogen-bond donors (Lipinski definition) is 2. The molecule has 3 heterocycles. The quantitative estimate of drug-likeness (QED) is 0.385. The molecule has 2 N–H and O–H groups in total. The number of nitrogens with zero attached hydrogens (tertiary/aromatic N) is 3. The van der Waals surface area contributed by atoms with Gasteiger partial charge in [-0.25, -0.2) is 0 Å². The number of ether oxygens (including phenoxy) is 1. The van der Waals surface area contributed by atoms with Crippen LogP contribution >= 0.6 is 0 Å². The number of carboxylic acids is 1. The van der Waals surface area contributed by atoms with Gasteiger partial charge in [0.05, 0.1) is 25.5 Å². The highest BCUT2D eigenvalue weighted by Gasteiger charge is 2.47. The zero-order chi connectivity index (χ0) is 28.9. The summed E-state index contributed by atoms with van der Waals surface area (Å²) in [5.41, 5.74) is 3.91. The molecule has 3 aliphatic rings. The largest absolute Gasteiger partial charge is 0.493 e. The molecule has 9 nitrogen and oxygen atoms in total. The second kappa shape index (κ2) is 13.0. The molecule has 1 saturated heterocycles. The normalized spacial score (nSPS) is 21.6. The van der Waals surface area contributed by atoms with E-state index in [2.05, 4.69) is 13.0 Å². The molecule has 0 spiro atoms. The number of para-hydroxylation sites is 1. The summed E-state index contributed by atoms with van der Waals surface area (Å²) < 4.78 is 5.68. The molecular formula is C32H41N3O6. The molecule has 0 bridgehead atoms. The number of carboxylic acid groups (broad SMARTS) is 1. The number of hydrogen-bond acceptors (Lipinski definition) is 6. The van der Waals surface area contributed by atoms with Gasteiger partial charge in [0.1, 0.15) is 5.75 Å². The van der Waals surface area contributed by atoms with Gasteiger partial charge in [-0.05, 0) is 48.1 Å². The molecule has 41 heavy (non-hydrogen) atoms. The lowest BCUT2D eigenvalue weighted by molar-refractivity contribution is -0.143. The van der Waals surface area contributed by atoms with E-state index >= 15 is 0 Å². The van der Waals surface area contributed by atoms with Gasteiger partial charge in [-0.1, -0.05) is 43.7 Å². The van der Waals surface area contributed by atoms with E-state index in [1.807, 2.05) is 41.3 Å². The predicted octanol–water partition coefficient (Wildman–Crippen LogP) is 3.08. The third kappa shape index (κ3) is 6.26. The second-order valence-corrected chi connectivity index (χ2v) is 11.4. The number of rotatable bonds is 13. The van der Waals surface area contributed by atoms with Crippen LogP contribution in [0.25, 0.3) is 0 Å². The van der Waals surface area contributed by atoms with Crippen LogP contribution in [0, 0.1) is 5.92 Å². The zero-order valence-corrected chi connectivity index (χ0v) is 23.8. The summed E-state index contributed by atoms with van der Waals surface area (Å²) >= 11 is 0. The van der Waals surface area contributed by atoms with Gasteiger partial charge >= 0.3 is 5.97 Å². The maximum Gasteiger partial charge on any atom is 0.308 e. The highest BCUT2D eigenvalue weighted by atomic mass is 16.5. The summed E-state index contributed by atoms with van der Waals surface area (Å²) in [6.45, 7) is 4.75. The number of fused-ring (bicyclic) bond motifs is 2. The molecule has 2 aromatic carbocycles. The first kappa shape index (κ1) is 29.1. The summed E-state index contributed by atoms with van der Waals surface area (Å²) in [6, 6.07) is 13.3. The average Bonchev–Trinajstić information content (AvgIpc) is 3.66. The number of anilines is 1. The van der Waals surface area contributed by atoms with Crippen molar-refractivity contribution in [2.45, 2.75) is 57.4 Å². The minimum absolute atomic E-state index is 0.0127. The Morgan fingerprint density at radius 3 is 2.68 bits per heavy atom. The van der Waals surface area contributed by atoms with Crippen molar-refractivity contribution < 1.29 is 29.3 Å². The Hall–Kier alpha value is -3.43. The van der Waals surface area contributed by atoms with Crippen molar-refractivity contribution in [2.24, 2.45) is 5.92 Å². The van der Waals surface area contributed by atoms with Crippen molar-refractivity contribution in [2.75, 3.05) is 50.8 Å². The van der Waals surface area contributed by atoms with Crippen LogP contribution in [-0.2, 0) is 27.2 Å². The van der Waals surface area contributed by atoms with Crippen molar-refractivity contribution >= 4 is 23.5 Å². The molecule has 0 aliphatic carbocycles. The highest BCUT2D eigenvalue weighted by molar-refractivity contribution is 6.01. The number of carbonyl (C=O) groups excluding carboxylic acids is 2. The van der Waals surface area contributed by atoms with Gasteiger partial charge in [0.25, 0.3) is 0 Å². The molecule has 3 atom stereocenters. The van der Waals surface area contributed by atoms with Gasteiger partial charge in [0.15, 0.2) is 0 Å². The maximum atomic E-state index is 13.6. The van der Waals surface area contributed by atoms with E-state index in [0.717, 1.165) is 47.4 Å². The molecule has 5 rings (SSSR count). The van der Waals surface area contributed by atoms with Crippen molar-refractivity contribution in [3.63, 3.8) is 0 Å². The van der Waals surface area contributed by atoms with Gasteiger partial charge in [0, 0.05) is 56.9 Å². The highest BCUT2D eigenvalue weighted by Crippen LogP contribution is 2.41. The lowest BCUT2D eigenvalue weighted by atomic mass is 9.83. The monoisotopic (exact) mass is 563 g/mol. The number of carbonyl (C=O) groups is 3. The number of aliphatic carboxylic acids is 1. The summed E-state index contributed by atoms with van der Waals surface area (Å²) in [5, 5.41) is 19.9. The number of aliphatic hydroxyl groups is 1. The van der Waals surface area contributed by atoms with E-state index in [9.17, 15) is 24.6 Å².